The van der Waals surface area contributed by atoms with E-state index in [2.05, 4.69) is 7.53 Å². The first-order valence-corrected chi connectivity index (χ1v) is 4.36. The van der Waals surface area contributed by atoms with Crippen molar-refractivity contribution in [1.82, 2.24) is 0 Å². The summed E-state index contributed by atoms with van der Waals surface area (Å²) in [4.78, 5) is 21.1. The van der Waals surface area contributed by atoms with Gasteiger partial charge in [0.1, 0.15) is 0 Å². The molecule has 1 aliphatic rings. The molecule has 60 valence electrons. The SMILES string of the molecule is O=C1[O][Ge][O]C(=O)C(O)C1O. The van der Waals surface area contributed by atoms with E-state index in [4.69, 9.17) is 10.2 Å². The Balaban J connectivity index is 2.73. The summed E-state index contributed by atoms with van der Waals surface area (Å²) in [6, 6.07) is 0. The van der Waals surface area contributed by atoms with Crippen molar-refractivity contribution in [1.29, 1.82) is 0 Å². The molecule has 0 saturated carbocycles. The van der Waals surface area contributed by atoms with Crippen LogP contribution in [-0.2, 0) is 17.1 Å². The summed E-state index contributed by atoms with van der Waals surface area (Å²) in [5.41, 5.74) is 0. The van der Waals surface area contributed by atoms with E-state index in [1.165, 1.54) is 0 Å². The zero-order valence-electron chi connectivity index (χ0n) is 5.18. The molecule has 0 spiro atoms. The Morgan fingerprint density at radius 1 is 1.09 bits per heavy atom. The van der Waals surface area contributed by atoms with Gasteiger partial charge in [-0.3, -0.25) is 0 Å². The second-order valence-electron chi connectivity index (χ2n) is 1.82. The van der Waals surface area contributed by atoms with Crippen LogP contribution in [0.3, 0.4) is 0 Å². The summed E-state index contributed by atoms with van der Waals surface area (Å²) in [7, 11) is 0. The van der Waals surface area contributed by atoms with Gasteiger partial charge in [-0.1, -0.05) is 0 Å². The van der Waals surface area contributed by atoms with Gasteiger partial charge < -0.3 is 0 Å². The molecule has 1 aliphatic heterocycles. The van der Waals surface area contributed by atoms with Crippen molar-refractivity contribution >= 4 is 28.0 Å². The van der Waals surface area contributed by atoms with Crippen molar-refractivity contribution in [2.24, 2.45) is 0 Å². The third-order valence-corrected chi connectivity index (χ3v) is 2.26. The summed E-state index contributed by atoms with van der Waals surface area (Å²) < 4.78 is 8.58. The van der Waals surface area contributed by atoms with Crippen LogP contribution in [0.1, 0.15) is 0 Å². The maximum atomic E-state index is 10.5. The van der Waals surface area contributed by atoms with Crippen LogP contribution in [-0.4, -0.2) is 50.5 Å². The Labute approximate surface area is 68.3 Å². The molecule has 2 atom stereocenters. The van der Waals surface area contributed by atoms with E-state index in [1.807, 2.05) is 0 Å². The molecule has 11 heavy (non-hydrogen) atoms. The average molecular weight is 221 g/mol. The summed E-state index contributed by atoms with van der Waals surface area (Å²) in [6.07, 6.45) is -3.62. The van der Waals surface area contributed by atoms with Crippen LogP contribution in [0.2, 0.25) is 0 Å². The first-order chi connectivity index (χ1) is 5.13. The fourth-order valence-corrected chi connectivity index (χ4v) is 1.42. The Morgan fingerprint density at radius 2 is 1.45 bits per heavy atom. The zero-order valence-corrected chi connectivity index (χ0v) is 7.28. The van der Waals surface area contributed by atoms with Gasteiger partial charge in [0.05, 0.1) is 0 Å². The summed E-state index contributed by atoms with van der Waals surface area (Å²) >= 11 is -1.59. The van der Waals surface area contributed by atoms with Gasteiger partial charge in [-0.15, -0.1) is 0 Å². The predicted molar refractivity (Wildman–Crippen MR) is 30.0 cm³/mol. The van der Waals surface area contributed by atoms with Crippen molar-refractivity contribution in [3.8, 4) is 0 Å². The van der Waals surface area contributed by atoms with Gasteiger partial charge in [0.25, 0.3) is 0 Å². The standard InChI is InChI=1S/C4H4GeO6/c6-1-2(7)4(9)11-5-10-3(1)8/h1-2,6-7H. The third-order valence-electron chi connectivity index (χ3n) is 1.07. The fraction of sp³-hybridized carbons (Fsp3) is 0.500. The molecule has 1 heterocycles. The number of carbonyl (C=O) groups excluding carboxylic acids is 2. The molecular formula is C4H4GeO6. The van der Waals surface area contributed by atoms with E-state index in [-0.39, 0.29) is 0 Å². The molecule has 0 amide bonds. The van der Waals surface area contributed by atoms with E-state index in [9.17, 15) is 9.59 Å². The monoisotopic (exact) mass is 222 g/mol. The van der Waals surface area contributed by atoms with Gasteiger partial charge in [-0.2, -0.15) is 0 Å². The topological polar surface area (TPSA) is 93.1 Å². The van der Waals surface area contributed by atoms with Crippen molar-refractivity contribution in [3.05, 3.63) is 0 Å². The van der Waals surface area contributed by atoms with E-state index < -0.39 is 40.3 Å². The van der Waals surface area contributed by atoms with E-state index in [0.717, 1.165) is 0 Å². The minimum absolute atomic E-state index is 1.01. The molecule has 0 aromatic heterocycles. The Bertz CT molecular complexity index is 171. The van der Waals surface area contributed by atoms with Gasteiger partial charge in [0.15, 0.2) is 0 Å². The van der Waals surface area contributed by atoms with Crippen LogP contribution in [0.15, 0.2) is 0 Å². The van der Waals surface area contributed by atoms with Crippen LogP contribution in [0.25, 0.3) is 0 Å². The molecule has 2 N–H and O–H groups in total. The molecule has 1 rings (SSSR count). The van der Waals surface area contributed by atoms with Crippen LogP contribution < -0.4 is 0 Å². The number of hydrogen-bond donors (Lipinski definition) is 2. The molecule has 0 bridgehead atoms. The van der Waals surface area contributed by atoms with Crippen LogP contribution in [0, 0.1) is 0 Å². The first kappa shape index (κ1) is 8.50. The van der Waals surface area contributed by atoms with Gasteiger partial charge in [-0.05, 0) is 0 Å². The van der Waals surface area contributed by atoms with Crippen LogP contribution in [0.4, 0.5) is 0 Å². The zero-order chi connectivity index (χ0) is 8.43. The molecule has 6 nitrogen and oxygen atoms in total. The molecule has 1 saturated heterocycles. The number of rotatable bonds is 0. The number of aliphatic hydroxyl groups is 2. The van der Waals surface area contributed by atoms with Gasteiger partial charge in [0, 0.05) is 0 Å². The molecule has 0 aliphatic carbocycles. The first-order valence-electron chi connectivity index (χ1n) is 2.65. The average Bonchev–Trinajstić information content (AvgIpc) is 2.07. The van der Waals surface area contributed by atoms with E-state index >= 15 is 0 Å². The van der Waals surface area contributed by atoms with Crippen molar-refractivity contribution in [2.75, 3.05) is 0 Å². The Morgan fingerprint density at radius 3 is 1.82 bits per heavy atom. The fourth-order valence-electron chi connectivity index (χ4n) is 0.482. The molecule has 2 unspecified atom stereocenters. The molecule has 0 aromatic rings. The van der Waals surface area contributed by atoms with Crippen molar-refractivity contribution in [2.45, 2.75) is 12.2 Å². The molecular weight excluding hydrogens is 217 g/mol. The predicted octanol–water partition coefficient (Wildman–Crippen LogP) is -2.66. The second kappa shape index (κ2) is 3.20. The molecule has 1 fully saturated rings. The summed E-state index contributed by atoms with van der Waals surface area (Å²) in [5.74, 6) is -2.02. The number of carbonyl (C=O) groups is 2. The summed E-state index contributed by atoms with van der Waals surface area (Å²) in [6.45, 7) is 0. The second-order valence-corrected chi connectivity index (χ2v) is 3.02. The number of hydrogen-bond acceptors (Lipinski definition) is 6. The van der Waals surface area contributed by atoms with Gasteiger partial charge in [0.2, 0.25) is 0 Å². The van der Waals surface area contributed by atoms with Crippen molar-refractivity contribution < 1.29 is 27.3 Å². The van der Waals surface area contributed by atoms with Crippen molar-refractivity contribution in [3.63, 3.8) is 0 Å². The van der Waals surface area contributed by atoms with Gasteiger partial charge >= 0.3 is 67.6 Å². The minimum atomic E-state index is -1.81. The molecule has 2 radical (unpaired) electrons. The maximum absolute atomic E-state index is 10.5. The normalized spacial score (nSPS) is 32.2. The molecule has 7 heteroatoms. The number of aliphatic hydroxyl groups excluding tert-OH is 2. The third kappa shape index (κ3) is 1.70. The van der Waals surface area contributed by atoms with E-state index in [1.54, 1.807) is 0 Å². The summed E-state index contributed by atoms with van der Waals surface area (Å²) in [5, 5.41) is 17.6. The van der Waals surface area contributed by atoms with Crippen LogP contribution >= 0.6 is 0 Å². The quantitative estimate of drug-likeness (QED) is 0.433. The Kier molecular flexibility index (Phi) is 2.47. The van der Waals surface area contributed by atoms with Crippen LogP contribution in [0.5, 0.6) is 0 Å². The van der Waals surface area contributed by atoms with Gasteiger partial charge in [-0.25, -0.2) is 0 Å². The van der Waals surface area contributed by atoms with E-state index in [0.29, 0.717) is 0 Å². The Hall–Kier alpha value is -0.597. The molecule has 0 aromatic carbocycles.